The van der Waals surface area contributed by atoms with Gasteiger partial charge in [-0.15, -0.1) is 5.10 Å². The molecule has 25 heavy (non-hydrogen) atoms. The smallest absolute Gasteiger partial charge is 0.243 e. The fraction of sp³-hybridized carbons (Fsp3) is 0.562. The van der Waals surface area contributed by atoms with Gasteiger partial charge in [-0.2, -0.15) is 10.2 Å². The standard InChI is InChI=1S/C16H24N6O2S/c1-16(2,3)14-5-6-15(20-19-14)22-9-12(10-22)7-18-25(23,24)13-8-17-21(4)11-13/h5-6,8,11-12,18H,7,9-10H2,1-4H3. The molecule has 2 aromatic heterocycles. The van der Waals surface area contributed by atoms with Gasteiger partial charge in [0, 0.05) is 44.2 Å². The van der Waals surface area contributed by atoms with Crippen LogP contribution in [0.2, 0.25) is 0 Å². The highest BCUT2D eigenvalue weighted by Gasteiger charge is 2.30. The second kappa shape index (κ2) is 6.38. The van der Waals surface area contributed by atoms with Crippen LogP contribution in [0.4, 0.5) is 5.82 Å². The van der Waals surface area contributed by atoms with E-state index in [-0.39, 0.29) is 16.2 Å². The Morgan fingerprint density at radius 2 is 1.96 bits per heavy atom. The number of hydrogen-bond acceptors (Lipinski definition) is 6. The number of anilines is 1. The van der Waals surface area contributed by atoms with Crippen molar-refractivity contribution in [3.8, 4) is 0 Å². The maximum Gasteiger partial charge on any atom is 0.243 e. The second-order valence-corrected chi connectivity index (χ2v) is 9.27. The SMILES string of the molecule is Cn1cc(S(=O)(=O)NCC2CN(c3ccc(C(C)(C)C)nn3)C2)cn1. The molecule has 136 valence electrons. The van der Waals surface area contributed by atoms with E-state index in [0.29, 0.717) is 6.54 Å². The molecule has 0 saturated carbocycles. The van der Waals surface area contributed by atoms with Crippen LogP contribution in [0.25, 0.3) is 0 Å². The van der Waals surface area contributed by atoms with E-state index in [4.69, 9.17) is 0 Å². The minimum atomic E-state index is -3.49. The molecule has 3 heterocycles. The molecule has 0 bridgehead atoms. The van der Waals surface area contributed by atoms with Gasteiger partial charge in [0.1, 0.15) is 4.90 Å². The molecule has 3 rings (SSSR count). The summed E-state index contributed by atoms with van der Waals surface area (Å²) in [7, 11) is -1.81. The summed E-state index contributed by atoms with van der Waals surface area (Å²) in [6, 6.07) is 3.98. The molecule has 2 aromatic rings. The van der Waals surface area contributed by atoms with Gasteiger partial charge in [0.15, 0.2) is 5.82 Å². The minimum Gasteiger partial charge on any atom is -0.354 e. The first-order chi connectivity index (χ1) is 11.6. The maximum absolute atomic E-state index is 12.2. The Balaban J connectivity index is 1.51. The number of aromatic nitrogens is 4. The summed E-state index contributed by atoms with van der Waals surface area (Å²) in [5.41, 5.74) is 0.936. The van der Waals surface area contributed by atoms with Gasteiger partial charge in [-0.05, 0) is 12.1 Å². The highest BCUT2D eigenvalue weighted by Crippen LogP contribution is 2.25. The summed E-state index contributed by atoms with van der Waals surface area (Å²) >= 11 is 0. The van der Waals surface area contributed by atoms with E-state index in [2.05, 4.69) is 45.7 Å². The van der Waals surface area contributed by atoms with Gasteiger partial charge in [0.25, 0.3) is 0 Å². The highest BCUT2D eigenvalue weighted by atomic mass is 32.2. The Labute approximate surface area is 148 Å². The predicted molar refractivity (Wildman–Crippen MR) is 94.8 cm³/mol. The molecule has 0 unspecified atom stereocenters. The Kier molecular flexibility index (Phi) is 4.54. The average Bonchev–Trinajstić information content (AvgIpc) is 2.92. The van der Waals surface area contributed by atoms with Gasteiger partial charge in [0.2, 0.25) is 10.0 Å². The van der Waals surface area contributed by atoms with Crippen molar-refractivity contribution in [1.29, 1.82) is 0 Å². The molecule has 1 saturated heterocycles. The monoisotopic (exact) mass is 364 g/mol. The number of aryl methyl sites for hydroxylation is 1. The summed E-state index contributed by atoms with van der Waals surface area (Å²) in [5, 5.41) is 12.5. The normalized spacial score (nSPS) is 16.1. The van der Waals surface area contributed by atoms with Crippen LogP contribution in [0.1, 0.15) is 26.5 Å². The lowest BCUT2D eigenvalue weighted by Gasteiger charge is -2.40. The van der Waals surface area contributed by atoms with Crippen LogP contribution in [0.5, 0.6) is 0 Å². The lowest BCUT2D eigenvalue weighted by atomic mass is 9.92. The zero-order valence-corrected chi connectivity index (χ0v) is 15.8. The molecule has 1 aliphatic rings. The quantitative estimate of drug-likeness (QED) is 0.848. The van der Waals surface area contributed by atoms with Gasteiger partial charge < -0.3 is 4.90 Å². The molecule has 0 aliphatic carbocycles. The zero-order chi connectivity index (χ0) is 18.2. The lowest BCUT2D eigenvalue weighted by Crippen LogP contribution is -2.51. The number of hydrogen-bond donors (Lipinski definition) is 1. The van der Waals surface area contributed by atoms with Crippen molar-refractivity contribution < 1.29 is 8.42 Å². The average molecular weight is 364 g/mol. The van der Waals surface area contributed by atoms with Crippen molar-refractivity contribution in [2.45, 2.75) is 31.1 Å². The Morgan fingerprint density at radius 3 is 2.48 bits per heavy atom. The van der Waals surface area contributed by atoms with Crippen molar-refractivity contribution in [1.82, 2.24) is 24.7 Å². The van der Waals surface area contributed by atoms with Crippen molar-refractivity contribution in [2.75, 3.05) is 24.5 Å². The summed E-state index contributed by atoms with van der Waals surface area (Å²) < 4.78 is 28.5. The third-order valence-electron chi connectivity index (χ3n) is 4.25. The second-order valence-electron chi connectivity index (χ2n) is 7.50. The van der Waals surface area contributed by atoms with E-state index in [1.54, 1.807) is 7.05 Å². The molecule has 0 aromatic carbocycles. The summed E-state index contributed by atoms with van der Waals surface area (Å²) in [6.07, 6.45) is 2.84. The van der Waals surface area contributed by atoms with E-state index in [9.17, 15) is 8.42 Å². The molecule has 0 atom stereocenters. The zero-order valence-electron chi connectivity index (χ0n) is 15.0. The third kappa shape index (κ3) is 3.98. The van der Waals surface area contributed by atoms with Gasteiger partial charge in [-0.3, -0.25) is 4.68 Å². The van der Waals surface area contributed by atoms with E-state index in [0.717, 1.165) is 24.6 Å². The number of rotatable bonds is 5. The molecular formula is C16H24N6O2S. The Bertz CT molecular complexity index is 832. The Hall–Kier alpha value is -2.00. The molecule has 1 aliphatic heterocycles. The van der Waals surface area contributed by atoms with Crippen LogP contribution in [0.15, 0.2) is 29.4 Å². The first kappa shape index (κ1) is 17.8. The first-order valence-corrected chi connectivity index (χ1v) is 9.71. The molecule has 0 amide bonds. The number of nitrogens with zero attached hydrogens (tertiary/aromatic N) is 5. The fourth-order valence-electron chi connectivity index (χ4n) is 2.63. The van der Waals surface area contributed by atoms with Crippen LogP contribution >= 0.6 is 0 Å². The summed E-state index contributed by atoms with van der Waals surface area (Å²) in [6.45, 7) is 8.24. The van der Waals surface area contributed by atoms with Crippen molar-refractivity contribution in [3.63, 3.8) is 0 Å². The van der Waals surface area contributed by atoms with Crippen LogP contribution in [0, 0.1) is 5.92 Å². The summed E-state index contributed by atoms with van der Waals surface area (Å²) in [4.78, 5) is 2.29. The van der Waals surface area contributed by atoms with E-state index in [1.165, 1.54) is 17.1 Å². The van der Waals surface area contributed by atoms with Crippen LogP contribution in [-0.4, -0.2) is 48.0 Å². The van der Waals surface area contributed by atoms with Crippen molar-refractivity contribution >= 4 is 15.8 Å². The molecule has 9 heteroatoms. The molecule has 0 radical (unpaired) electrons. The predicted octanol–water partition coefficient (Wildman–Crippen LogP) is 0.922. The minimum absolute atomic E-state index is 0.0203. The lowest BCUT2D eigenvalue weighted by molar-refractivity contribution is 0.401. The van der Waals surface area contributed by atoms with Gasteiger partial charge in [-0.1, -0.05) is 20.8 Å². The van der Waals surface area contributed by atoms with Crippen molar-refractivity contribution in [3.05, 3.63) is 30.2 Å². The van der Waals surface area contributed by atoms with Crippen LogP contribution < -0.4 is 9.62 Å². The summed E-state index contributed by atoms with van der Waals surface area (Å²) in [5.74, 6) is 1.09. The van der Waals surface area contributed by atoms with Crippen molar-refractivity contribution in [2.24, 2.45) is 13.0 Å². The Morgan fingerprint density at radius 1 is 1.24 bits per heavy atom. The highest BCUT2D eigenvalue weighted by molar-refractivity contribution is 7.89. The largest absolute Gasteiger partial charge is 0.354 e. The van der Waals surface area contributed by atoms with Gasteiger partial charge in [0.05, 0.1) is 11.9 Å². The molecular weight excluding hydrogens is 340 g/mol. The topological polar surface area (TPSA) is 93.0 Å². The molecule has 1 N–H and O–H groups in total. The van der Waals surface area contributed by atoms with Crippen LogP contribution in [0.3, 0.4) is 0 Å². The van der Waals surface area contributed by atoms with Gasteiger partial charge >= 0.3 is 0 Å². The maximum atomic E-state index is 12.2. The van der Waals surface area contributed by atoms with Crippen LogP contribution in [-0.2, 0) is 22.5 Å². The third-order valence-corrected chi connectivity index (χ3v) is 5.63. The first-order valence-electron chi connectivity index (χ1n) is 8.22. The molecule has 0 spiro atoms. The number of sulfonamides is 1. The van der Waals surface area contributed by atoms with E-state index >= 15 is 0 Å². The van der Waals surface area contributed by atoms with E-state index < -0.39 is 10.0 Å². The van der Waals surface area contributed by atoms with E-state index in [1.807, 2.05) is 12.1 Å². The van der Waals surface area contributed by atoms with Gasteiger partial charge in [-0.25, -0.2) is 13.1 Å². The number of nitrogens with one attached hydrogen (secondary N) is 1. The molecule has 1 fully saturated rings. The fourth-order valence-corrected chi connectivity index (χ4v) is 3.73. The molecule has 8 nitrogen and oxygen atoms in total.